The van der Waals surface area contributed by atoms with Crippen LogP contribution in [0, 0.1) is 6.92 Å². The number of thioether (sulfide) groups is 1. The molecule has 2 heterocycles. The highest BCUT2D eigenvalue weighted by molar-refractivity contribution is 7.99. The van der Waals surface area contributed by atoms with Gasteiger partial charge in [-0.15, -0.1) is 21.5 Å². The first-order valence-corrected chi connectivity index (χ1v) is 11.7. The van der Waals surface area contributed by atoms with Crippen molar-refractivity contribution in [2.45, 2.75) is 32.2 Å². The summed E-state index contributed by atoms with van der Waals surface area (Å²) in [5.74, 6) is -0.347. The number of hydrogen-bond acceptors (Lipinski definition) is 9. The fraction of sp³-hybridized carbons (Fsp3) is 0.286. The second-order valence-corrected chi connectivity index (χ2v) is 8.66. The van der Waals surface area contributed by atoms with Crippen LogP contribution in [0.4, 0.5) is 5.00 Å². The Bertz CT molecular complexity index is 1160. The van der Waals surface area contributed by atoms with E-state index in [2.05, 4.69) is 15.5 Å². The third-order valence-electron chi connectivity index (χ3n) is 4.57. The Morgan fingerprint density at radius 2 is 1.94 bits per heavy atom. The minimum absolute atomic E-state index is 0.0150. The van der Waals surface area contributed by atoms with Gasteiger partial charge in [0.25, 0.3) is 5.91 Å². The van der Waals surface area contributed by atoms with Crippen molar-refractivity contribution in [3.05, 3.63) is 52.2 Å². The number of nitrogens with two attached hydrogens (primary N) is 1. The number of carbonyl (C=O) groups is 3. The Balaban J connectivity index is 1.67. The van der Waals surface area contributed by atoms with Crippen LogP contribution in [0.15, 0.2) is 35.5 Å². The molecule has 0 atom stereocenters. The lowest BCUT2D eigenvalue weighted by molar-refractivity contribution is -0.113. The number of amides is 2. The van der Waals surface area contributed by atoms with Gasteiger partial charge in [0.05, 0.1) is 23.3 Å². The van der Waals surface area contributed by atoms with Crippen molar-refractivity contribution in [2.24, 2.45) is 5.73 Å². The molecule has 12 heteroatoms. The van der Waals surface area contributed by atoms with Gasteiger partial charge in [0.1, 0.15) is 17.4 Å². The number of hydrogen-bond donors (Lipinski definition) is 2. The number of benzene rings is 1. The lowest BCUT2D eigenvalue weighted by atomic mass is 10.1. The minimum Gasteiger partial charge on any atom is -0.486 e. The normalized spacial score (nSPS) is 10.6. The first-order valence-electron chi connectivity index (χ1n) is 9.89. The number of nitrogens with one attached hydrogen (secondary N) is 1. The van der Waals surface area contributed by atoms with E-state index in [0.717, 1.165) is 17.1 Å². The Kier molecular flexibility index (Phi) is 8.06. The number of nitrogens with zero attached hydrogens (tertiary/aromatic N) is 3. The van der Waals surface area contributed by atoms with Crippen LogP contribution in [-0.2, 0) is 22.7 Å². The average Bonchev–Trinajstić information content (AvgIpc) is 3.36. The SMILES string of the molecule is CCn1c(COc2ccccc2)nnc1SCC(=O)Nc1sc(C(N)=O)c(C)c1C(=O)OC. The van der Waals surface area contributed by atoms with Gasteiger partial charge < -0.3 is 25.1 Å². The van der Waals surface area contributed by atoms with Gasteiger partial charge in [0.15, 0.2) is 11.0 Å². The maximum absolute atomic E-state index is 12.6. The van der Waals surface area contributed by atoms with Gasteiger partial charge >= 0.3 is 5.97 Å². The van der Waals surface area contributed by atoms with Crippen molar-refractivity contribution in [1.82, 2.24) is 14.8 Å². The molecule has 10 nitrogen and oxygen atoms in total. The highest BCUT2D eigenvalue weighted by Crippen LogP contribution is 2.33. The zero-order valence-corrected chi connectivity index (χ0v) is 19.9. The molecule has 3 rings (SSSR count). The van der Waals surface area contributed by atoms with Crippen molar-refractivity contribution in [1.29, 1.82) is 0 Å². The molecule has 3 aromatic rings. The molecule has 1 aromatic carbocycles. The summed E-state index contributed by atoms with van der Waals surface area (Å²) in [4.78, 5) is 36.6. The molecule has 0 bridgehead atoms. The Labute approximate surface area is 198 Å². The number of thiophene rings is 1. The van der Waals surface area contributed by atoms with Crippen LogP contribution in [-0.4, -0.2) is 45.4 Å². The maximum Gasteiger partial charge on any atom is 0.341 e. The van der Waals surface area contributed by atoms with Gasteiger partial charge in [-0.3, -0.25) is 9.59 Å². The third-order valence-corrected chi connectivity index (χ3v) is 6.75. The summed E-state index contributed by atoms with van der Waals surface area (Å²) >= 11 is 2.14. The Morgan fingerprint density at radius 1 is 1.21 bits per heavy atom. The molecule has 33 heavy (non-hydrogen) atoms. The van der Waals surface area contributed by atoms with Crippen LogP contribution in [0.3, 0.4) is 0 Å². The number of para-hydroxylation sites is 1. The number of aromatic nitrogens is 3. The maximum atomic E-state index is 12.6. The highest BCUT2D eigenvalue weighted by atomic mass is 32.2. The molecule has 0 radical (unpaired) electrons. The van der Waals surface area contributed by atoms with E-state index in [1.54, 1.807) is 6.92 Å². The quantitative estimate of drug-likeness (QED) is 0.327. The largest absolute Gasteiger partial charge is 0.486 e. The van der Waals surface area contributed by atoms with E-state index >= 15 is 0 Å². The van der Waals surface area contributed by atoms with E-state index in [9.17, 15) is 14.4 Å². The number of esters is 1. The number of primary amides is 1. The molecule has 0 aliphatic rings. The zero-order valence-electron chi connectivity index (χ0n) is 18.3. The zero-order chi connectivity index (χ0) is 24.0. The van der Waals surface area contributed by atoms with Gasteiger partial charge in [-0.2, -0.15) is 0 Å². The number of methoxy groups -OCH3 is 1. The smallest absolute Gasteiger partial charge is 0.341 e. The van der Waals surface area contributed by atoms with Crippen LogP contribution in [0.25, 0.3) is 0 Å². The van der Waals surface area contributed by atoms with Crippen molar-refractivity contribution in [3.63, 3.8) is 0 Å². The lowest BCUT2D eigenvalue weighted by Crippen LogP contribution is -2.16. The molecule has 2 aromatic heterocycles. The average molecular weight is 490 g/mol. The molecule has 0 fully saturated rings. The third kappa shape index (κ3) is 5.71. The number of ether oxygens (including phenoxy) is 2. The molecular formula is C21H23N5O5S2. The summed E-state index contributed by atoms with van der Waals surface area (Å²) < 4.78 is 12.4. The predicted octanol–water partition coefficient (Wildman–Crippen LogP) is 2.86. The Morgan fingerprint density at radius 3 is 2.58 bits per heavy atom. The van der Waals surface area contributed by atoms with E-state index in [0.29, 0.717) is 23.1 Å². The van der Waals surface area contributed by atoms with Crippen molar-refractivity contribution in [3.8, 4) is 5.75 Å². The standard InChI is InChI=1S/C21H23N5O5S2/c1-4-26-14(10-31-13-8-6-5-7-9-13)24-25-21(26)32-11-15(27)23-19-16(20(29)30-3)12(2)17(33-19)18(22)28/h5-9H,4,10-11H2,1-3H3,(H2,22,28)(H,23,27). The molecule has 0 aliphatic carbocycles. The highest BCUT2D eigenvalue weighted by Gasteiger charge is 2.25. The second kappa shape index (κ2) is 11.0. The van der Waals surface area contributed by atoms with Crippen LogP contribution >= 0.6 is 23.1 Å². The topological polar surface area (TPSA) is 138 Å². The molecule has 174 valence electrons. The van der Waals surface area contributed by atoms with Gasteiger partial charge in [-0.25, -0.2) is 4.79 Å². The van der Waals surface area contributed by atoms with Crippen molar-refractivity contribution >= 4 is 45.9 Å². The summed E-state index contributed by atoms with van der Waals surface area (Å²) in [5.41, 5.74) is 5.86. The summed E-state index contributed by atoms with van der Waals surface area (Å²) in [6.07, 6.45) is 0. The van der Waals surface area contributed by atoms with Gasteiger partial charge in [-0.05, 0) is 31.5 Å². The summed E-state index contributed by atoms with van der Waals surface area (Å²) in [6, 6.07) is 9.37. The molecule has 0 saturated carbocycles. The molecule has 3 N–H and O–H groups in total. The second-order valence-electron chi connectivity index (χ2n) is 6.70. The van der Waals surface area contributed by atoms with Crippen LogP contribution in [0.5, 0.6) is 5.75 Å². The summed E-state index contributed by atoms with van der Waals surface area (Å²) in [5, 5.41) is 11.8. The fourth-order valence-corrected chi connectivity index (χ4v) is 4.88. The summed E-state index contributed by atoms with van der Waals surface area (Å²) in [7, 11) is 1.22. The molecule has 2 amide bonds. The van der Waals surface area contributed by atoms with Gasteiger partial charge in [0, 0.05) is 6.54 Å². The van der Waals surface area contributed by atoms with Gasteiger partial charge in [-0.1, -0.05) is 30.0 Å². The number of carbonyl (C=O) groups excluding carboxylic acids is 3. The van der Waals surface area contributed by atoms with Crippen LogP contribution in [0.2, 0.25) is 0 Å². The van der Waals surface area contributed by atoms with E-state index < -0.39 is 11.9 Å². The molecule has 0 unspecified atom stereocenters. The van der Waals surface area contributed by atoms with Gasteiger partial charge in [0.2, 0.25) is 5.91 Å². The number of rotatable bonds is 10. The van der Waals surface area contributed by atoms with E-state index in [1.165, 1.54) is 18.9 Å². The minimum atomic E-state index is -0.682. The van der Waals surface area contributed by atoms with Crippen LogP contribution in [0.1, 0.15) is 38.3 Å². The Hall–Kier alpha value is -3.38. The van der Waals surface area contributed by atoms with Crippen molar-refractivity contribution < 1.29 is 23.9 Å². The fourth-order valence-electron chi connectivity index (χ4n) is 2.99. The lowest BCUT2D eigenvalue weighted by Gasteiger charge is -2.09. The molecule has 0 aliphatic heterocycles. The molecular weight excluding hydrogens is 466 g/mol. The molecule has 0 spiro atoms. The van der Waals surface area contributed by atoms with E-state index in [1.807, 2.05) is 41.8 Å². The van der Waals surface area contributed by atoms with E-state index in [4.69, 9.17) is 15.2 Å². The summed E-state index contributed by atoms with van der Waals surface area (Å²) in [6.45, 7) is 4.37. The molecule has 0 saturated heterocycles. The van der Waals surface area contributed by atoms with E-state index in [-0.39, 0.29) is 33.7 Å². The number of anilines is 1. The first-order chi connectivity index (χ1) is 15.8. The monoisotopic (exact) mass is 489 g/mol. The van der Waals surface area contributed by atoms with Crippen molar-refractivity contribution in [2.75, 3.05) is 18.2 Å². The first kappa shape index (κ1) is 24.3. The predicted molar refractivity (Wildman–Crippen MR) is 125 cm³/mol. The van der Waals surface area contributed by atoms with Crippen LogP contribution < -0.4 is 15.8 Å².